The zero-order chi connectivity index (χ0) is 34.8. The van der Waals surface area contributed by atoms with Gasteiger partial charge in [0.15, 0.2) is 23.4 Å². The van der Waals surface area contributed by atoms with Crippen molar-refractivity contribution >= 4 is 23.5 Å². The number of aliphatic hydroxyl groups is 1. The van der Waals surface area contributed by atoms with Crippen molar-refractivity contribution in [3.8, 4) is 17.3 Å². The Labute approximate surface area is 282 Å². The second-order valence-corrected chi connectivity index (χ2v) is 14.2. The predicted molar refractivity (Wildman–Crippen MR) is 176 cm³/mol. The normalized spacial score (nSPS) is 23.1. The molecule has 1 spiro atoms. The van der Waals surface area contributed by atoms with Crippen LogP contribution in [-0.4, -0.2) is 58.3 Å². The molecule has 3 aliphatic heterocycles. The first-order valence-corrected chi connectivity index (χ1v) is 16.3. The molecule has 0 saturated heterocycles. The molecule has 5 atom stereocenters. The Morgan fingerprint density at radius 1 is 1.10 bits per heavy atom. The summed E-state index contributed by atoms with van der Waals surface area (Å²) in [4.78, 5) is 49.0. The van der Waals surface area contributed by atoms with Crippen molar-refractivity contribution in [3.63, 3.8) is 0 Å². The summed E-state index contributed by atoms with van der Waals surface area (Å²) in [5.74, 6) is -0.944. The van der Waals surface area contributed by atoms with Crippen molar-refractivity contribution < 1.29 is 37.8 Å². The standard InChI is InChI=1S/C36H39N5O8/c1-17(2)26(42)30(44)37-22-13-11-18-12-14-24-20(15-18)36(19-9-7-8-10-21(19)39-34(36)48-24)28-25(31-38-23(16-47-31)33(45)46-6)40-32(49-28)27(35(3,4)5)41-29(22)43/h7-10,12,14-17,22,26-27,34,39,42H,11,13H2,1-6H3,(H,37,44)(H,41,43)/t22-,26-,27+,34+,36?/m0/s1. The largest absolute Gasteiger partial charge is 0.469 e. The van der Waals surface area contributed by atoms with E-state index in [1.807, 2.05) is 63.2 Å². The van der Waals surface area contributed by atoms with Crippen molar-refractivity contribution in [3.05, 3.63) is 82.8 Å². The lowest BCUT2D eigenvalue weighted by Gasteiger charge is -2.31. The van der Waals surface area contributed by atoms with E-state index in [0.29, 0.717) is 17.9 Å². The fourth-order valence-corrected chi connectivity index (χ4v) is 6.87. The fraction of sp³-hybridized carbons (Fsp3) is 0.417. The van der Waals surface area contributed by atoms with Gasteiger partial charge in [0, 0.05) is 11.3 Å². The summed E-state index contributed by atoms with van der Waals surface area (Å²) in [7, 11) is 1.26. The lowest BCUT2D eigenvalue weighted by Crippen LogP contribution is -2.52. The van der Waals surface area contributed by atoms with Gasteiger partial charge >= 0.3 is 5.97 Å². The van der Waals surface area contributed by atoms with Crippen LogP contribution in [0, 0.1) is 11.3 Å². The number of para-hydroxylation sites is 1. The maximum Gasteiger partial charge on any atom is 0.360 e. The summed E-state index contributed by atoms with van der Waals surface area (Å²) in [5.41, 5.74) is 1.85. The molecule has 0 aliphatic carbocycles. The van der Waals surface area contributed by atoms with Crippen LogP contribution in [0.1, 0.15) is 85.9 Å². The lowest BCUT2D eigenvalue weighted by atomic mass is 9.72. The number of benzene rings is 2. The van der Waals surface area contributed by atoms with Crippen molar-refractivity contribution in [1.82, 2.24) is 20.6 Å². The van der Waals surface area contributed by atoms with Crippen LogP contribution in [0.25, 0.3) is 11.6 Å². The van der Waals surface area contributed by atoms with E-state index >= 15 is 0 Å². The van der Waals surface area contributed by atoms with Gasteiger partial charge < -0.3 is 39.4 Å². The number of hydrogen-bond acceptors (Lipinski definition) is 11. The third kappa shape index (κ3) is 5.23. The van der Waals surface area contributed by atoms with Crippen LogP contribution in [-0.2, 0) is 26.2 Å². The number of amides is 2. The summed E-state index contributed by atoms with van der Waals surface area (Å²) >= 11 is 0. The van der Waals surface area contributed by atoms with Crippen molar-refractivity contribution in [2.75, 3.05) is 12.4 Å². The van der Waals surface area contributed by atoms with Crippen molar-refractivity contribution in [1.29, 1.82) is 0 Å². The van der Waals surface area contributed by atoms with Gasteiger partial charge in [0.05, 0.1) is 7.11 Å². The zero-order valence-corrected chi connectivity index (χ0v) is 28.1. The SMILES string of the molecule is COC(=O)c1coc(-c2nc3oc2C24c5ccccc5N[C@@H]2Oc2ccc(cc24)CC[C@H](NC(=O)[C@@H](O)C(C)C)C(=O)N[C@H]3C(C)(C)C)n1. The van der Waals surface area contributed by atoms with Crippen LogP contribution >= 0.6 is 0 Å². The number of aryl methyl sites for hydroxylation is 1. The number of esters is 1. The first kappa shape index (κ1) is 32.4. The lowest BCUT2D eigenvalue weighted by molar-refractivity contribution is -0.136. The third-order valence-corrected chi connectivity index (χ3v) is 9.50. The minimum Gasteiger partial charge on any atom is -0.469 e. The van der Waals surface area contributed by atoms with Crippen molar-refractivity contribution in [2.45, 2.75) is 77.3 Å². The molecule has 0 fully saturated rings. The van der Waals surface area contributed by atoms with Gasteiger partial charge in [0.1, 0.15) is 35.6 Å². The van der Waals surface area contributed by atoms with Gasteiger partial charge in [-0.2, -0.15) is 0 Å². The maximum absolute atomic E-state index is 14.1. The van der Waals surface area contributed by atoms with Crippen molar-refractivity contribution in [2.24, 2.45) is 11.3 Å². The number of hydrogen-bond donors (Lipinski definition) is 4. The Balaban J connectivity index is 1.47. The van der Waals surface area contributed by atoms with E-state index in [1.165, 1.54) is 13.4 Å². The Hall–Kier alpha value is -5.17. The minimum absolute atomic E-state index is 0.0198. The quantitative estimate of drug-likeness (QED) is 0.223. The second kappa shape index (κ2) is 11.8. The molecule has 49 heavy (non-hydrogen) atoms. The Morgan fingerprint density at radius 3 is 2.61 bits per heavy atom. The van der Waals surface area contributed by atoms with E-state index in [2.05, 4.69) is 20.9 Å². The molecule has 4 N–H and O–H groups in total. The molecule has 2 amide bonds. The van der Waals surface area contributed by atoms with Crippen LogP contribution in [0.4, 0.5) is 5.69 Å². The highest BCUT2D eigenvalue weighted by Crippen LogP contribution is 2.59. The van der Waals surface area contributed by atoms with Gasteiger partial charge in [-0.15, -0.1) is 0 Å². The number of rotatable bonds is 5. The monoisotopic (exact) mass is 669 g/mol. The minimum atomic E-state index is -1.29. The molecular weight excluding hydrogens is 630 g/mol. The van der Waals surface area contributed by atoms with Crippen LogP contribution in [0.2, 0.25) is 0 Å². The molecule has 4 aromatic rings. The molecule has 13 heteroatoms. The number of nitrogens with zero attached hydrogens (tertiary/aromatic N) is 2. The van der Waals surface area contributed by atoms with E-state index < -0.39 is 53.0 Å². The van der Waals surface area contributed by atoms with E-state index in [9.17, 15) is 19.5 Å². The average Bonchev–Trinajstić information content (AvgIpc) is 3.84. The Kier molecular flexibility index (Phi) is 7.77. The molecule has 2 aromatic carbocycles. The molecule has 5 heterocycles. The number of methoxy groups -OCH3 is 1. The summed E-state index contributed by atoms with van der Waals surface area (Å²) < 4.78 is 24.2. The van der Waals surface area contributed by atoms with E-state index in [-0.39, 0.29) is 35.5 Å². The zero-order valence-electron chi connectivity index (χ0n) is 28.1. The summed E-state index contributed by atoms with van der Waals surface area (Å²) in [6.07, 6.45) is -0.0468. The fourth-order valence-electron chi connectivity index (χ4n) is 6.87. The number of aromatic nitrogens is 2. The molecule has 256 valence electrons. The van der Waals surface area contributed by atoms with E-state index in [1.54, 1.807) is 13.8 Å². The topological polar surface area (TPSA) is 178 Å². The van der Waals surface area contributed by atoms with Crippen LogP contribution in [0.5, 0.6) is 5.75 Å². The number of nitrogens with one attached hydrogen (secondary N) is 3. The predicted octanol–water partition coefficient (Wildman–Crippen LogP) is 4.25. The van der Waals surface area contributed by atoms with Gasteiger partial charge in [-0.05, 0) is 47.4 Å². The number of aliphatic hydroxyl groups excluding tert-OH is 1. The molecule has 4 bridgehead atoms. The Bertz CT molecular complexity index is 1960. The summed E-state index contributed by atoms with van der Waals surface area (Å²) in [6.45, 7) is 9.27. The molecule has 13 nitrogen and oxygen atoms in total. The number of anilines is 1. The van der Waals surface area contributed by atoms with Crippen LogP contribution < -0.4 is 20.7 Å². The van der Waals surface area contributed by atoms with Crippen LogP contribution in [0.15, 0.2) is 57.6 Å². The highest BCUT2D eigenvalue weighted by Gasteiger charge is 2.61. The molecule has 2 aromatic heterocycles. The van der Waals surface area contributed by atoms with Crippen LogP contribution in [0.3, 0.4) is 0 Å². The molecule has 7 rings (SSSR count). The van der Waals surface area contributed by atoms with E-state index in [4.69, 9.17) is 23.3 Å². The highest BCUT2D eigenvalue weighted by atomic mass is 16.5. The number of carbonyl (C=O) groups is 3. The molecule has 0 saturated carbocycles. The second-order valence-electron chi connectivity index (χ2n) is 14.2. The van der Waals surface area contributed by atoms with Gasteiger partial charge in [0.2, 0.25) is 23.6 Å². The van der Waals surface area contributed by atoms with Gasteiger partial charge in [-0.1, -0.05) is 65.0 Å². The third-order valence-electron chi connectivity index (χ3n) is 9.50. The molecular formula is C36H39N5O8. The number of carbonyl (C=O) groups excluding carboxylic acids is 3. The Morgan fingerprint density at radius 2 is 1.88 bits per heavy atom. The van der Waals surface area contributed by atoms with Gasteiger partial charge in [0.25, 0.3) is 0 Å². The van der Waals surface area contributed by atoms with Gasteiger partial charge in [-0.25, -0.2) is 14.8 Å². The molecule has 1 unspecified atom stereocenters. The summed E-state index contributed by atoms with van der Waals surface area (Å²) in [5, 5.41) is 19.9. The first-order chi connectivity index (χ1) is 23.3. The first-order valence-electron chi connectivity index (χ1n) is 16.3. The number of ether oxygens (including phenoxy) is 2. The maximum atomic E-state index is 14.1. The highest BCUT2D eigenvalue weighted by molar-refractivity contribution is 5.90. The number of fused-ring (bicyclic) bond motifs is 4. The van der Waals surface area contributed by atoms with E-state index in [0.717, 1.165) is 22.4 Å². The van der Waals surface area contributed by atoms with Gasteiger partial charge in [-0.3, -0.25) is 9.59 Å². The smallest absolute Gasteiger partial charge is 0.360 e. The molecule has 3 aliphatic rings. The summed E-state index contributed by atoms with van der Waals surface area (Å²) in [6, 6.07) is 11.9. The number of oxazole rings is 2. The molecule has 0 radical (unpaired) electrons. The average molecular weight is 670 g/mol.